The van der Waals surface area contributed by atoms with Gasteiger partial charge in [0.05, 0.1) is 6.54 Å². The van der Waals surface area contributed by atoms with Gasteiger partial charge in [0, 0.05) is 29.0 Å². The molecule has 1 aromatic carbocycles. The molecule has 0 radical (unpaired) electrons. The second-order valence-electron chi connectivity index (χ2n) is 5.21. The van der Waals surface area contributed by atoms with Crippen LogP contribution in [0.15, 0.2) is 34.9 Å². The Morgan fingerprint density at radius 1 is 1.37 bits per heavy atom. The average Bonchev–Trinajstić information content (AvgIpc) is 3.14. The van der Waals surface area contributed by atoms with Gasteiger partial charge in [-0.2, -0.15) is 5.10 Å². The van der Waals surface area contributed by atoms with E-state index in [-0.39, 0.29) is 0 Å². The van der Waals surface area contributed by atoms with Crippen LogP contribution < -0.4 is 5.32 Å². The molecule has 3 nitrogen and oxygen atoms in total. The zero-order chi connectivity index (χ0) is 13.2. The Morgan fingerprint density at radius 2 is 2.21 bits per heavy atom. The fourth-order valence-corrected chi connectivity index (χ4v) is 2.66. The van der Waals surface area contributed by atoms with Crippen LogP contribution in [0.1, 0.15) is 29.7 Å². The monoisotopic (exact) mass is 319 g/mol. The van der Waals surface area contributed by atoms with Crippen molar-refractivity contribution in [2.75, 3.05) is 0 Å². The van der Waals surface area contributed by atoms with Crippen LogP contribution in [-0.2, 0) is 13.1 Å². The minimum Gasteiger partial charge on any atom is -0.310 e. The molecule has 1 aliphatic carbocycles. The first-order chi connectivity index (χ1) is 9.22. The van der Waals surface area contributed by atoms with E-state index < -0.39 is 0 Å². The number of hydrogen-bond donors (Lipinski definition) is 1. The third-order valence-electron chi connectivity index (χ3n) is 3.54. The SMILES string of the molecule is Cc1ccnn1Cc1ccc(CNC2CC2)cc1Br. The number of benzene rings is 1. The molecule has 0 amide bonds. The molecule has 100 valence electrons. The summed E-state index contributed by atoms with van der Waals surface area (Å²) in [5.74, 6) is 0. The van der Waals surface area contributed by atoms with Gasteiger partial charge in [0.25, 0.3) is 0 Å². The first-order valence-corrected chi connectivity index (χ1v) is 7.51. The molecule has 0 spiro atoms. The normalized spacial score (nSPS) is 14.8. The van der Waals surface area contributed by atoms with Crippen molar-refractivity contribution in [3.8, 4) is 0 Å². The van der Waals surface area contributed by atoms with Crippen LogP contribution in [0.2, 0.25) is 0 Å². The Labute approximate surface area is 122 Å². The van der Waals surface area contributed by atoms with Crippen molar-refractivity contribution in [1.29, 1.82) is 0 Å². The summed E-state index contributed by atoms with van der Waals surface area (Å²) in [6.07, 6.45) is 4.51. The first kappa shape index (κ1) is 12.9. The smallest absolute Gasteiger partial charge is 0.0673 e. The van der Waals surface area contributed by atoms with Gasteiger partial charge < -0.3 is 5.32 Å². The van der Waals surface area contributed by atoms with Crippen molar-refractivity contribution in [2.24, 2.45) is 0 Å². The molecular weight excluding hydrogens is 302 g/mol. The van der Waals surface area contributed by atoms with Crippen molar-refractivity contribution in [2.45, 2.75) is 38.9 Å². The lowest BCUT2D eigenvalue weighted by atomic mass is 10.1. The average molecular weight is 320 g/mol. The molecule has 4 heteroatoms. The molecule has 0 unspecified atom stereocenters. The number of halogens is 1. The van der Waals surface area contributed by atoms with Crippen LogP contribution in [0.3, 0.4) is 0 Å². The van der Waals surface area contributed by atoms with E-state index in [1.807, 2.05) is 16.9 Å². The zero-order valence-electron chi connectivity index (χ0n) is 11.1. The van der Waals surface area contributed by atoms with Gasteiger partial charge in [0.15, 0.2) is 0 Å². The standard InChI is InChI=1S/C15H18BrN3/c1-11-6-7-18-19(11)10-13-3-2-12(8-15(13)16)9-17-14-4-5-14/h2-3,6-8,14,17H,4-5,9-10H2,1H3. The minimum absolute atomic E-state index is 0.755. The van der Waals surface area contributed by atoms with Crippen LogP contribution in [0.4, 0.5) is 0 Å². The second kappa shape index (κ2) is 5.47. The fourth-order valence-electron chi connectivity index (χ4n) is 2.10. The van der Waals surface area contributed by atoms with Gasteiger partial charge in [-0.15, -0.1) is 0 Å². The molecule has 19 heavy (non-hydrogen) atoms. The lowest BCUT2D eigenvalue weighted by molar-refractivity contribution is 0.661. The van der Waals surface area contributed by atoms with Crippen LogP contribution in [-0.4, -0.2) is 15.8 Å². The van der Waals surface area contributed by atoms with E-state index in [0.29, 0.717) is 0 Å². The third-order valence-corrected chi connectivity index (χ3v) is 4.28. The summed E-state index contributed by atoms with van der Waals surface area (Å²) in [4.78, 5) is 0. The number of aromatic nitrogens is 2. The van der Waals surface area contributed by atoms with Gasteiger partial charge >= 0.3 is 0 Å². The van der Waals surface area contributed by atoms with Crippen molar-refractivity contribution in [1.82, 2.24) is 15.1 Å². The molecular formula is C15H18BrN3. The molecule has 1 heterocycles. The maximum absolute atomic E-state index is 4.33. The van der Waals surface area contributed by atoms with Crippen molar-refractivity contribution in [3.05, 3.63) is 51.8 Å². The molecule has 3 rings (SSSR count). The Kier molecular flexibility index (Phi) is 3.71. The molecule has 1 aliphatic rings. The van der Waals surface area contributed by atoms with E-state index in [1.54, 1.807) is 0 Å². The van der Waals surface area contributed by atoms with Gasteiger partial charge in [-0.25, -0.2) is 0 Å². The highest BCUT2D eigenvalue weighted by molar-refractivity contribution is 9.10. The van der Waals surface area contributed by atoms with Crippen molar-refractivity contribution < 1.29 is 0 Å². The van der Waals surface area contributed by atoms with Gasteiger partial charge in [-0.05, 0) is 43.0 Å². The van der Waals surface area contributed by atoms with Crippen molar-refractivity contribution in [3.63, 3.8) is 0 Å². The summed E-state index contributed by atoms with van der Waals surface area (Å²) in [5, 5.41) is 7.86. The highest BCUT2D eigenvalue weighted by Gasteiger charge is 2.19. The largest absolute Gasteiger partial charge is 0.310 e. The summed E-state index contributed by atoms with van der Waals surface area (Å²) in [5.41, 5.74) is 3.79. The van der Waals surface area contributed by atoms with E-state index >= 15 is 0 Å². The van der Waals surface area contributed by atoms with Gasteiger partial charge in [-0.3, -0.25) is 4.68 Å². The maximum Gasteiger partial charge on any atom is 0.0673 e. The van der Waals surface area contributed by atoms with Crippen LogP contribution in [0.25, 0.3) is 0 Å². The highest BCUT2D eigenvalue weighted by Crippen LogP contribution is 2.22. The van der Waals surface area contributed by atoms with Gasteiger partial charge in [0.2, 0.25) is 0 Å². The molecule has 0 saturated heterocycles. The Morgan fingerprint density at radius 3 is 2.84 bits per heavy atom. The molecule has 0 bridgehead atoms. The number of nitrogens with one attached hydrogen (secondary N) is 1. The Bertz CT molecular complexity index is 573. The number of nitrogens with zero attached hydrogens (tertiary/aromatic N) is 2. The molecule has 1 N–H and O–H groups in total. The van der Waals surface area contributed by atoms with E-state index in [0.717, 1.165) is 23.6 Å². The van der Waals surface area contributed by atoms with Crippen LogP contribution in [0.5, 0.6) is 0 Å². The maximum atomic E-state index is 4.33. The van der Waals surface area contributed by atoms with E-state index in [1.165, 1.54) is 29.7 Å². The summed E-state index contributed by atoms with van der Waals surface area (Å²) in [7, 11) is 0. The Hall–Kier alpha value is -1.13. The zero-order valence-corrected chi connectivity index (χ0v) is 12.7. The van der Waals surface area contributed by atoms with Gasteiger partial charge in [-0.1, -0.05) is 28.1 Å². The first-order valence-electron chi connectivity index (χ1n) is 6.71. The predicted molar refractivity (Wildman–Crippen MR) is 80.1 cm³/mol. The third kappa shape index (κ3) is 3.25. The summed E-state index contributed by atoms with van der Waals surface area (Å²) in [6, 6.07) is 9.39. The number of rotatable bonds is 5. The summed E-state index contributed by atoms with van der Waals surface area (Å²) in [6.45, 7) is 3.86. The van der Waals surface area contributed by atoms with E-state index in [2.05, 4.69) is 51.5 Å². The van der Waals surface area contributed by atoms with Gasteiger partial charge in [0.1, 0.15) is 0 Å². The molecule has 1 fully saturated rings. The van der Waals surface area contributed by atoms with Crippen LogP contribution in [0, 0.1) is 6.92 Å². The number of aryl methyl sites for hydroxylation is 1. The molecule has 1 saturated carbocycles. The lowest BCUT2D eigenvalue weighted by Gasteiger charge is -2.09. The lowest BCUT2D eigenvalue weighted by Crippen LogP contribution is -2.15. The van der Waals surface area contributed by atoms with E-state index in [4.69, 9.17) is 0 Å². The Balaban J connectivity index is 1.70. The number of hydrogen-bond acceptors (Lipinski definition) is 2. The molecule has 0 aliphatic heterocycles. The highest BCUT2D eigenvalue weighted by atomic mass is 79.9. The van der Waals surface area contributed by atoms with E-state index in [9.17, 15) is 0 Å². The molecule has 0 atom stereocenters. The van der Waals surface area contributed by atoms with Crippen LogP contribution >= 0.6 is 15.9 Å². The molecule has 1 aromatic heterocycles. The van der Waals surface area contributed by atoms with Crippen molar-refractivity contribution >= 4 is 15.9 Å². The summed E-state index contributed by atoms with van der Waals surface area (Å²) < 4.78 is 3.18. The topological polar surface area (TPSA) is 29.9 Å². The molecule has 2 aromatic rings. The minimum atomic E-state index is 0.755. The second-order valence-corrected chi connectivity index (χ2v) is 6.07. The fraction of sp³-hybridized carbons (Fsp3) is 0.400. The quantitative estimate of drug-likeness (QED) is 0.916. The predicted octanol–water partition coefficient (Wildman–Crippen LogP) is 3.25. The summed E-state index contributed by atoms with van der Waals surface area (Å²) >= 11 is 3.67.